The molecule has 0 aromatic heterocycles. The second-order valence-corrected chi connectivity index (χ2v) is 4.54. The number of aliphatic hydroxyl groups excluding tert-OH is 1. The number of benzene rings is 1. The van der Waals surface area contributed by atoms with Crippen LogP contribution in [0.4, 0.5) is 20.2 Å². The van der Waals surface area contributed by atoms with E-state index >= 15 is 0 Å². The first-order valence-corrected chi connectivity index (χ1v) is 5.25. The molecular formula is C11H14F2N2O3. The molecule has 2 N–H and O–H groups in total. The zero-order valence-corrected chi connectivity index (χ0v) is 10.2. The topological polar surface area (TPSA) is 75.4 Å². The van der Waals surface area contributed by atoms with Crippen LogP contribution in [0.3, 0.4) is 0 Å². The summed E-state index contributed by atoms with van der Waals surface area (Å²) in [6.45, 7) is 4.48. The van der Waals surface area contributed by atoms with Crippen molar-refractivity contribution in [3.8, 4) is 0 Å². The van der Waals surface area contributed by atoms with Gasteiger partial charge in [-0.2, -0.15) is 0 Å². The Morgan fingerprint density at radius 1 is 1.44 bits per heavy atom. The van der Waals surface area contributed by atoms with E-state index in [0.717, 1.165) is 6.07 Å². The lowest BCUT2D eigenvalue weighted by Gasteiger charge is -2.30. The molecule has 1 rings (SSSR count). The molecule has 1 aromatic carbocycles. The van der Waals surface area contributed by atoms with Gasteiger partial charge in [-0.1, -0.05) is 0 Å². The highest BCUT2D eigenvalue weighted by molar-refractivity contribution is 5.63. The van der Waals surface area contributed by atoms with E-state index in [-0.39, 0.29) is 0 Å². The molecule has 100 valence electrons. The Labute approximate surface area is 103 Å². The molecule has 0 spiro atoms. The Morgan fingerprint density at radius 2 is 2.00 bits per heavy atom. The molecule has 0 radical (unpaired) electrons. The molecule has 0 heterocycles. The SMILES string of the molecule is CC(O)C(C)(C)Nc1c([N+](=O)[O-])ccc(F)c1F. The summed E-state index contributed by atoms with van der Waals surface area (Å²) in [5.41, 5.74) is -2.19. The van der Waals surface area contributed by atoms with Crippen LogP contribution in [0.15, 0.2) is 12.1 Å². The van der Waals surface area contributed by atoms with E-state index in [2.05, 4.69) is 5.32 Å². The first-order chi connectivity index (χ1) is 8.16. The van der Waals surface area contributed by atoms with Gasteiger partial charge < -0.3 is 10.4 Å². The lowest BCUT2D eigenvalue weighted by Crippen LogP contribution is -2.42. The number of rotatable bonds is 4. The molecule has 0 aliphatic rings. The van der Waals surface area contributed by atoms with Crippen molar-refractivity contribution in [3.05, 3.63) is 33.9 Å². The van der Waals surface area contributed by atoms with Gasteiger partial charge in [-0.05, 0) is 26.8 Å². The molecule has 0 fully saturated rings. The molecule has 0 aliphatic carbocycles. The molecule has 0 bridgehead atoms. The number of aliphatic hydroxyl groups is 1. The highest BCUT2D eigenvalue weighted by Gasteiger charge is 2.30. The minimum Gasteiger partial charge on any atom is -0.391 e. The van der Waals surface area contributed by atoms with Crippen LogP contribution in [-0.2, 0) is 0 Å². The van der Waals surface area contributed by atoms with Crippen LogP contribution in [0.5, 0.6) is 0 Å². The van der Waals surface area contributed by atoms with E-state index < -0.39 is 39.6 Å². The van der Waals surface area contributed by atoms with Crippen LogP contribution in [0.2, 0.25) is 0 Å². The molecule has 1 unspecified atom stereocenters. The number of hydrogen-bond donors (Lipinski definition) is 2. The van der Waals surface area contributed by atoms with Crippen molar-refractivity contribution in [3.63, 3.8) is 0 Å². The summed E-state index contributed by atoms with van der Waals surface area (Å²) in [4.78, 5) is 9.94. The van der Waals surface area contributed by atoms with Gasteiger partial charge in [0, 0.05) is 6.07 Å². The molecule has 0 saturated carbocycles. The first-order valence-electron chi connectivity index (χ1n) is 5.25. The molecule has 0 amide bonds. The van der Waals surface area contributed by atoms with Gasteiger partial charge in [0.05, 0.1) is 16.6 Å². The van der Waals surface area contributed by atoms with Gasteiger partial charge in [-0.15, -0.1) is 0 Å². The van der Waals surface area contributed by atoms with Crippen molar-refractivity contribution in [1.82, 2.24) is 0 Å². The second kappa shape index (κ2) is 4.85. The number of nitro groups is 1. The van der Waals surface area contributed by atoms with E-state index in [1.165, 1.54) is 20.8 Å². The van der Waals surface area contributed by atoms with Crippen molar-refractivity contribution in [2.24, 2.45) is 0 Å². The number of hydrogen-bond acceptors (Lipinski definition) is 4. The fourth-order valence-corrected chi connectivity index (χ4v) is 1.24. The summed E-state index contributed by atoms with van der Waals surface area (Å²) in [6, 6.07) is 1.56. The van der Waals surface area contributed by atoms with E-state index in [0.29, 0.717) is 6.07 Å². The molecule has 7 heteroatoms. The highest BCUT2D eigenvalue weighted by Crippen LogP contribution is 2.32. The monoisotopic (exact) mass is 260 g/mol. The molecule has 0 saturated heterocycles. The lowest BCUT2D eigenvalue weighted by atomic mass is 9.98. The maximum Gasteiger partial charge on any atom is 0.295 e. The van der Waals surface area contributed by atoms with Gasteiger partial charge in [-0.3, -0.25) is 10.1 Å². The Kier molecular flexibility index (Phi) is 3.85. The smallest absolute Gasteiger partial charge is 0.295 e. The molecule has 18 heavy (non-hydrogen) atoms. The largest absolute Gasteiger partial charge is 0.391 e. The van der Waals surface area contributed by atoms with Gasteiger partial charge in [0.1, 0.15) is 0 Å². The summed E-state index contributed by atoms with van der Waals surface area (Å²) >= 11 is 0. The van der Waals surface area contributed by atoms with E-state index in [1.54, 1.807) is 0 Å². The van der Waals surface area contributed by atoms with E-state index in [4.69, 9.17) is 0 Å². The Bertz CT molecular complexity index is 476. The zero-order valence-electron chi connectivity index (χ0n) is 10.2. The van der Waals surface area contributed by atoms with Gasteiger partial charge in [0.15, 0.2) is 17.3 Å². The Balaban J connectivity index is 3.30. The quantitative estimate of drug-likeness (QED) is 0.644. The summed E-state index contributed by atoms with van der Waals surface area (Å²) in [5.74, 6) is -2.53. The summed E-state index contributed by atoms with van der Waals surface area (Å²) in [7, 11) is 0. The van der Waals surface area contributed by atoms with Gasteiger partial charge >= 0.3 is 0 Å². The first kappa shape index (κ1) is 14.3. The van der Waals surface area contributed by atoms with E-state index in [9.17, 15) is 24.0 Å². The van der Waals surface area contributed by atoms with Gasteiger partial charge in [0.25, 0.3) is 5.69 Å². The van der Waals surface area contributed by atoms with Gasteiger partial charge in [0.2, 0.25) is 0 Å². The highest BCUT2D eigenvalue weighted by atomic mass is 19.2. The average Bonchev–Trinajstić information content (AvgIpc) is 2.24. The number of nitrogens with one attached hydrogen (secondary N) is 1. The zero-order chi connectivity index (χ0) is 14.1. The van der Waals surface area contributed by atoms with Crippen molar-refractivity contribution in [1.29, 1.82) is 0 Å². The maximum atomic E-state index is 13.6. The van der Waals surface area contributed by atoms with Crippen LogP contribution in [0.1, 0.15) is 20.8 Å². The standard InChI is InChI=1S/C11H14F2N2O3/c1-6(16)11(2,3)14-10-8(15(17)18)5-4-7(12)9(10)13/h4-6,14,16H,1-3H3. The lowest BCUT2D eigenvalue weighted by molar-refractivity contribution is -0.384. The van der Waals surface area contributed by atoms with Crippen LogP contribution in [0.25, 0.3) is 0 Å². The van der Waals surface area contributed by atoms with Crippen molar-refractivity contribution in [2.75, 3.05) is 5.32 Å². The third-order valence-electron chi connectivity index (χ3n) is 2.76. The summed E-state index contributed by atoms with van der Waals surface area (Å²) < 4.78 is 26.7. The molecule has 1 aromatic rings. The average molecular weight is 260 g/mol. The van der Waals surface area contributed by atoms with Crippen molar-refractivity contribution in [2.45, 2.75) is 32.4 Å². The predicted molar refractivity (Wildman–Crippen MR) is 62.4 cm³/mol. The minimum atomic E-state index is -1.34. The normalized spacial score (nSPS) is 13.2. The second-order valence-electron chi connectivity index (χ2n) is 4.54. The van der Waals surface area contributed by atoms with Crippen LogP contribution in [0, 0.1) is 21.7 Å². The summed E-state index contributed by atoms with van der Waals surface area (Å²) in [6.07, 6.45) is -0.917. The molecule has 0 aliphatic heterocycles. The van der Waals surface area contributed by atoms with E-state index in [1.807, 2.05) is 0 Å². The minimum absolute atomic E-state index is 0.564. The number of anilines is 1. The van der Waals surface area contributed by atoms with Crippen molar-refractivity contribution < 1.29 is 18.8 Å². The Morgan fingerprint density at radius 3 is 2.44 bits per heavy atom. The summed E-state index contributed by atoms with van der Waals surface area (Å²) in [5, 5.41) is 22.7. The number of nitro benzene ring substituents is 1. The molecule has 5 nitrogen and oxygen atoms in total. The third-order valence-corrected chi connectivity index (χ3v) is 2.76. The van der Waals surface area contributed by atoms with Crippen LogP contribution >= 0.6 is 0 Å². The fourth-order valence-electron chi connectivity index (χ4n) is 1.24. The third kappa shape index (κ3) is 2.73. The van der Waals surface area contributed by atoms with Crippen molar-refractivity contribution >= 4 is 11.4 Å². The fraction of sp³-hybridized carbons (Fsp3) is 0.455. The maximum absolute atomic E-state index is 13.6. The van der Waals surface area contributed by atoms with Crippen LogP contribution < -0.4 is 5.32 Å². The number of nitrogens with zero attached hydrogens (tertiary/aromatic N) is 1. The number of halogens is 2. The van der Waals surface area contributed by atoms with Crippen LogP contribution in [-0.4, -0.2) is 21.7 Å². The predicted octanol–water partition coefficient (Wildman–Crippen LogP) is 2.44. The van der Waals surface area contributed by atoms with Gasteiger partial charge in [-0.25, -0.2) is 8.78 Å². The molecule has 1 atom stereocenters. The molecular weight excluding hydrogens is 246 g/mol. The Hall–Kier alpha value is -1.76.